The number of aromatic carboxylic acids is 1. The van der Waals surface area contributed by atoms with Gasteiger partial charge < -0.3 is 15.9 Å². The fraction of sp³-hybridized carbons (Fsp3) is 0. The minimum absolute atomic E-state index is 0.125. The predicted octanol–water partition coefficient (Wildman–Crippen LogP) is 2.39. The molecule has 92 valence electrons. The number of hydrogen-bond acceptors (Lipinski definition) is 4. The Kier molecular flexibility index (Phi) is 3.08. The SMILES string of the molecule is Nc1ccc(C(=O)O)c(O)c1-c1ncccc1Cl. The van der Waals surface area contributed by atoms with E-state index in [-0.39, 0.29) is 27.5 Å². The summed E-state index contributed by atoms with van der Waals surface area (Å²) in [6.07, 6.45) is 1.48. The second kappa shape index (κ2) is 4.54. The Bertz CT molecular complexity index is 629. The Balaban J connectivity index is 2.75. The number of benzene rings is 1. The summed E-state index contributed by atoms with van der Waals surface area (Å²) in [5.41, 5.74) is 6.07. The number of nitrogen functional groups attached to an aromatic ring is 1. The third-order valence-corrected chi connectivity index (χ3v) is 2.74. The topological polar surface area (TPSA) is 96.4 Å². The summed E-state index contributed by atoms with van der Waals surface area (Å²) >= 11 is 5.96. The van der Waals surface area contributed by atoms with Crippen LogP contribution in [0.4, 0.5) is 5.69 Å². The van der Waals surface area contributed by atoms with Crippen LogP contribution in [0.5, 0.6) is 5.75 Å². The Labute approximate surface area is 107 Å². The van der Waals surface area contributed by atoms with Gasteiger partial charge in [-0.05, 0) is 24.3 Å². The van der Waals surface area contributed by atoms with Crippen LogP contribution in [-0.2, 0) is 0 Å². The van der Waals surface area contributed by atoms with Crippen molar-refractivity contribution in [1.29, 1.82) is 0 Å². The van der Waals surface area contributed by atoms with E-state index in [0.717, 1.165) is 0 Å². The van der Waals surface area contributed by atoms with Crippen LogP contribution in [0.1, 0.15) is 10.4 Å². The Hall–Kier alpha value is -2.27. The van der Waals surface area contributed by atoms with E-state index in [1.165, 1.54) is 18.3 Å². The van der Waals surface area contributed by atoms with Crippen molar-refractivity contribution < 1.29 is 15.0 Å². The maximum Gasteiger partial charge on any atom is 0.339 e. The molecule has 0 spiro atoms. The third kappa shape index (κ3) is 1.96. The highest BCUT2D eigenvalue weighted by molar-refractivity contribution is 6.33. The fourth-order valence-electron chi connectivity index (χ4n) is 1.60. The molecular formula is C12H9ClN2O3. The molecule has 4 N–H and O–H groups in total. The smallest absolute Gasteiger partial charge is 0.339 e. The number of halogens is 1. The zero-order valence-corrected chi connectivity index (χ0v) is 9.85. The first-order chi connectivity index (χ1) is 8.52. The van der Waals surface area contributed by atoms with Crippen LogP contribution in [0, 0.1) is 0 Å². The molecule has 0 unspecified atom stereocenters. The van der Waals surface area contributed by atoms with Crippen molar-refractivity contribution in [2.75, 3.05) is 5.73 Å². The quantitative estimate of drug-likeness (QED) is 0.724. The van der Waals surface area contributed by atoms with Crippen molar-refractivity contribution in [3.05, 3.63) is 41.0 Å². The summed E-state index contributed by atoms with van der Waals surface area (Å²) < 4.78 is 0. The highest BCUT2D eigenvalue weighted by Crippen LogP contribution is 2.39. The predicted molar refractivity (Wildman–Crippen MR) is 67.7 cm³/mol. The molecule has 2 rings (SSSR count). The maximum absolute atomic E-state index is 10.9. The first-order valence-corrected chi connectivity index (χ1v) is 5.35. The molecule has 6 heteroatoms. The molecule has 0 saturated heterocycles. The molecule has 0 radical (unpaired) electrons. The molecule has 0 aliphatic heterocycles. The van der Waals surface area contributed by atoms with Gasteiger partial charge in [0, 0.05) is 11.9 Å². The summed E-state index contributed by atoms with van der Waals surface area (Å²) in [6, 6.07) is 5.83. The van der Waals surface area contributed by atoms with E-state index in [0.29, 0.717) is 0 Å². The van der Waals surface area contributed by atoms with E-state index in [2.05, 4.69) is 4.98 Å². The van der Waals surface area contributed by atoms with Crippen LogP contribution in [0.15, 0.2) is 30.5 Å². The van der Waals surface area contributed by atoms with E-state index in [4.69, 9.17) is 22.4 Å². The van der Waals surface area contributed by atoms with E-state index in [1.54, 1.807) is 12.1 Å². The number of carbonyl (C=O) groups is 1. The van der Waals surface area contributed by atoms with Crippen LogP contribution < -0.4 is 5.73 Å². The molecule has 0 amide bonds. The third-order valence-electron chi connectivity index (χ3n) is 2.44. The van der Waals surface area contributed by atoms with Crippen LogP contribution in [0.3, 0.4) is 0 Å². The van der Waals surface area contributed by atoms with Gasteiger partial charge in [0.1, 0.15) is 11.3 Å². The van der Waals surface area contributed by atoms with Crippen LogP contribution in [0.25, 0.3) is 11.3 Å². The molecule has 0 bridgehead atoms. The monoisotopic (exact) mass is 264 g/mol. The normalized spacial score (nSPS) is 10.3. The van der Waals surface area contributed by atoms with E-state index < -0.39 is 11.7 Å². The minimum atomic E-state index is -1.25. The van der Waals surface area contributed by atoms with E-state index in [9.17, 15) is 9.90 Å². The first kappa shape index (κ1) is 12.2. The Morgan fingerprint density at radius 2 is 2.06 bits per heavy atom. The molecular weight excluding hydrogens is 256 g/mol. The van der Waals surface area contributed by atoms with Crippen LogP contribution in [0.2, 0.25) is 5.02 Å². The number of rotatable bonds is 2. The second-order valence-corrected chi connectivity index (χ2v) is 3.97. The zero-order chi connectivity index (χ0) is 13.3. The highest BCUT2D eigenvalue weighted by Gasteiger charge is 2.19. The van der Waals surface area contributed by atoms with Gasteiger partial charge in [-0.15, -0.1) is 0 Å². The van der Waals surface area contributed by atoms with Gasteiger partial charge in [0.25, 0.3) is 0 Å². The van der Waals surface area contributed by atoms with Gasteiger partial charge in [-0.1, -0.05) is 11.6 Å². The number of anilines is 1. The van der Waals surface area contributed by atoms with Gasteiger partial charge in [-0.2, -0.15) is 0 Å². The van der Waals surface area contributed by atoms with Crippen molar-refractivity contribution in [2.45, 2.75) is 0 Å². The van der Waals surface area contributed by atoms with Crippen molar-refractivity contribution >= 4 is 23.3 Å². The number of phenols is 1. The number of aromatic nitrogens is 1. The number of nitrogens with two attached hydrogens (primary N) is 1. The fourth-order valence-corrected chi connectivity index (χ4v) is 1.81. The van der Waals surface area contributed by atoms with Gasteiger partial charge in [-0.25, -0.2) is 4.79 Å². The average molecular weight is 265 g/mol. The van der Waals surface area contributed by atoms with Crippen molar-refractivity contribution in [3.8, 4) is 17.0 Å². The minimum Gasteiger partial charge on any atom is -0.506 e. The van der Waals surface area contributed by atoms with Crippen molar-refractivity contribution in [2.24, 2.45) is 0 Å². The lowest BCUT2D eigenvalue weighted by molar-refractivity contribution is 0.0694. The average Bonchev–Trinajstić information content (AvgIpc) is 2.31. The molecule has 18 heavy (non-hydrogen) atoms. The number of nitrogens with zero attached hydrogens (tertiary/aromatic N) is 1. The standard InChI is InChI=1S/C12H9ClN2O3/c13-7-2-1-5-15-10(7)9-8(14)4-3-6(11(9)16)12(17)18/h1-5,16H,14H2,(H,17,18). The summed E-state index contributed by atoms with van der Waals surface area (Å²) in [6.45, 7) is 0. The van der Waals surface area contributed by atoms with Gasteiger partial charge in [0.2, 0.25) is 0 Å². The summed E-state index contributed by atoms with van der Waals surface area (Å²) in [4.78, 5) is 15.0. The second-order valence-electron chi connectivity index (χ2n) is 3.56. The van der Waals surface area contributed by atoms with Crippen LogP contribution in [-0.4, -0.2) is 21.2 Å². The van der Waals surface area contributed by atoms with E-state index >= 15 is 0 Å². The summed E-state index contributed by atoms with van der Waals surface area (Å²) in [7, 11) is 0. The lowest BCUT2D eigenvalue weighted by atomic mass is 10.0. The van der Waals surface area contributed by atoms with Gasteiger partial charge >= 0.3 is 5.97 Å². The maximum atomic E-state index is 10.9. The van der Waals surface area contributed by atoms with Crippen molar-refractivity contribution in [1.82, 2.24) is 4.98 Å². The highest BCUT2D eigenvalue weighted by atomic mass is 35.5. The molecule has 1 aromatic heterocycles. The van der Waals surface area contributed by atoms with Gasteiger partial charge in [-0.3, -0.25) is 4.98 Å². The Morgan fingerprint density at radius 1 is 1.33 bits per heavy atom. The van der Waals surface area contributed by atoms with Gasteiger partial charge in [0.15, 0.2) is 0 Å². The molecule has 0 saturated carbocycles. The lowest BCUT2D eigenvalue weighted by Crippen LogP contribution is -2.01. The largest absolute Gasteiger partial charge is 0.506 e. The lowest BCUT2D eigenvalue weighted by Gasteiger charge is -2.11. The molecule has 1 heterocycles. The zero-order valence-electron chi connectivity index (χ0n) is 9.09. The number of aromatic hydroxyl groups is 1. The summed E-state index contributed by atoms with van der Waals surface area (Å²) in [5.74, 6) is -1.69. The number of pyridine rings is 1. The number of hydrogen-bond donors (Lipinski definition) is 3. The first-order valence-electron chi connectivity index (χ1n) is 4.98. The molecule has 0 aliphatic rings. The summed E-state index contributed by atoms with van der Waals surface area (Å²) in [5, 5.41) is 19.2. The Morgan fingerprint density at radius 3 is 2.67 bits per heavy atom. The number of carboxylic acids is 1. The molecule has 0 aliphatic carbocycles. The molecule has 0 atom stereocenters. The molecule has 2 aromatic rings. The molecule has 0 fully saturated rings. The van der Waals surface area contributed by atoms with Crippen LogP contribution >= 0.6 is 11.6 Å². The van der Waals surface area contributed by atoms with Gasteiger partial charge in [0.05, 0.1) is 16.3 Å². The van der Waals surface area contributed by atoms with E-state index in [1.807, 2.05) is 0 Å². The molecule has 5 nitrogen and oxygen atoms in total. The number of carboxylic acid groups (broad SMARTS) is 1. The molecule has 1 aromatic carbocycles. The van der Waals surface area contributed by atoms with Crippen molar-refractivity contribution in [3.63, 3.8) is 0 Å².